The van der Waals surface area contributed by atoms with Crippen LogP contribution in [-0.4, -0.2) is 11.9 Å². The van der Waals surface area contributed by atoms with E-state index >= 15 is 0 Å². The Labute approximate surface area is 126 Å². The molecule has 104 valence electrons. The van der Waals surface area contributed by atoms with Gasteiger partial charge in [-0.1, -0.05) is 12.1 Å². The predicted molar refractivity (Wildman–Crippen MR) is 84.2 cm³/mol. The van der Waals surface area contributed by atoms with Crippen molar-refractivity contribution in [2.45, 2.75) is 20.0 Å². The second kappa shape index (κ2) is 6.09. The maximum absolute atomic E-state index is 12.5. The highest BCUT2D eigenvalue weighted by Gasteiger charge is 2.13. The van der Waals surface area contributed by atoms with Gasteiger partial charge in [0.1, 0.15) is 5.75 Å². The number of carbonyl (C=O) groups is 1. The second-order valence-electron chi connectivity index (χ2n) is 4.76. The van der Waals surface area contributed by atoms with E-state index in [0.717, 1.165) is 0 Å². The number of anilines is 1. The molecule has 2 aromatic carbocycles. The summed E-state index contributed by atoms with van der Waals surface area (Å²) in [6, 6.07) is 12.3. The third kappa shape index (κ3) is 3.39. The minimum Gasteiger partial charge on any atom is -0.491 e. The van der Waals surface area contributed by atoms with Gasteiger partial charge in [-0.3, -0.25) is 4.79 Å². The number of halogens is 1. The lowest BCUT2D eigenvalue weighted by Gasteiger charge is -2.11. The average Bonchev–Trinajstić information content (AvgIpc) is 2.37. The SMILES string of the molecule is CC(C)Oc1cccc(C(=O)c2ccc(N)cc2Br)c1. The molecule has 0 bridgehead atoms. The molecule has 0 spiro atoms. The van der Waals surface area contributed by atoms with Crippen LogP contribution in [0, 0.1) is 0 Å². The fraction of sp³-hybridized carbons (Fsp3) is 0.188. The van der Waals surface area contributed by atoms with E-state index in [9.17, 15) is 4.79 Å². The number of carbonyl (C=O) groups excluding carboxylic acids is 1. The third-order valence-electron chi connectivity index (χ3n) is 2.71. The Morgan fingerprint density at radius 3 is 2.60 bits per heavy atom. The molecule has 0 aromatic heterocycles. The minimum absolute atomic E-state index is 0.0638. The Bertz CT molecular complexity index is 638. The van der Waals surface area contributed by atoms with Crippen molar-refractivity contribution >= 4 is 27.4 Å². The van der Waals surface area contributed by atoms with Gasteiger partial charge in [0.25, 0.3) is 0 Å². The predicted octanol–water partition coefficient (Wildman–Crippen LogP) is 4.05. The van der Waals surface area contributed by atoms with E-state index in [1.54, 1.807) is 30.3 Å². The molecule has 4 heteroatoms. The van der Waals surface area contributed by atoms with Gasteiger partial charge in [-0.25, -0.2) is 0 Å². The number of nitrogens with two attached hydrogens (primary N) is 1. The summed E-state index contributed by atoms with van der Waals surface area (Å²) >= 11 is 3.37. The highest BCUT2D eigenvalue weighted by atomic mass is 79.9. The molecule has 2 rings (SSSR count). The Balaban J connectivity index is 2.33. The van der Waals surface area contributed by atoms with Gasteiger partial charge in [-0.15, -0.1) is 0 Å². The van der Waals surface area contributed by atoms with E-state index < -0.39 is 0 Å². The first-order valence-electron chi connectivity index (χ1n) is 6.34. The Kier molecular flexibility index (Phi) is 4.45. The van der Waals surface area contributed by atoms with E-state index in [1.165, 1.54) is 0 Å². The summed E-state index contributed by atoms with van der Waals surface area (Å²) in [5.41, 5.74) is 7.48. The van der Waals surface area contributed by atoms with Crippen LogP contribution in [0.2, 0.25) is 0 Å². The van der Waals surface area contributed by atoms with Crippen LogP contribution < -0.4 is 10.5 Å². The zero-order valence-corrected chi connectivity index (χ0v) is 13.0. The van der Waals surface area contributed by atoms with Crippen LogP contribution in [0.15, 0.2) is 46.9 Å². The van der Waals surface area contributed by atoms with E-state index in [4.69, 9.17) is 10.5 Å². The van der Waals surface area contributed by atoms with Crippen molar-refractivity contribution in [3.63, 3.8) is 0 Å². The molecule has 3 nitrogen and oxygen atoms in total. The molecule has 2 aromatic rings. The molecule has 0 heterocycles. The van der Waals surface area contributed by atoms with Crippen molar-refractivity contribution in [3.05, 3.63) is 58.1 Å². The molecular formula is C16H16BrNO2. The standard InChI is InChI=1S/C16H16BrNO2/c1-10(2)20-13-5-3-4-11(8-13)16(19)14-7-6-12(18)9-15(14)17/h3-10H,18H2,1-2H3. The number of hydrogen-bond acceptors (Lipinski definition) is 3. The third-order valence-corrected chi connectivity index (χ3v) is 3.36. The van der Waals surface area contributed by atoms with Crippen LogP contribution in [0.1, 0.15) is 29.8 Å². The molecule has 0 aliphatic carbocycles. The van der Waals surface area contributed by atoms with Crippen LogP contribution in [0.4, 0.5) is 5.69 Å². The molecule has 0 aliphatic heterocycles. The Morgan fingerprint density at radius 2 is 1.95 bits per heavy atom. The van der Waals surface area contributed by atoms with Crippen molar-refractivity contribution in [1.82, 2.24) is 0 Å². The average molecular weight is 334 g/mol. The molecule has 0 saturated carbocycles. The van der Waals surface area contributed by atoms with Gasteiger partial charge < -0.3 is 10.5 Å². The Hall–Kier alpha value is -1.81. The summed E-state index contributed by atoms with van der Waals surface area (Å²) in [5, 5.41) is 0. The summed E-state index contributed by atoms with van der Waals surface area (Å²) in [5.74, 6) is 0.628. The first-order chi connectivity index (χ1) is 9.47. The van der Waals surface area contributed by atoms with Gasteiger partial charge in [0.05, 0.1) is 6.10 Å². The van der Waals surface area contributed by atoms with Gasteiger partial charge in [0.15, 0.2) is 5.78 Å². The lowest BCUT2D eigenvalue weighted by atomic mass is 10.0. The topological polar surface area (TPSA) is 52.3 Å². The monoisotopic (exact) mass is 333 g/mol. The lowest BCUT2D eigenvalue weighted by Crippen LogP contribution is -2.07. The maximum atomic E-state index is 12.5. The summed E-state index contributed by atoms with van der Waals surface area (Å²) < 4.78 is 6.30. The number of rotatable bonds is 4. The molecule has 2 N–H and O–H groups in total. The molecule has 0 atom stereocenters. The van der Waals surface area contributed by atoms with E-state index in [0.29, 0.717) is 27.0 Å². The highest BCUT2D eigenvalue weighted by molar-refractivity contribution is 9.10. The quantitative estimate of drug-likeness (QED) is 0.678. The molecule has 0 fully saturated rings. The normalized spacial score (nSPS) is 10.6. The largest absolute Gasteiger partial charge is 0.491 e. The Morgan fingerprint density at radius 1 is 1.20 bits per heavy atom. The highest BCUT2D eigenvalue weighted by Crippen LogP contribution is 2.24. The van der Waals surface area contributed by atoms with Crippen molar-refractivity contribution in [2.24, 2.45) is 0 Å². The summed E-state index contributed by atoms with van der Waals surface area (Å²) in [7, 11) is 0. The minimum atomic E-state index is -0.0638. The number of ketones is 1. The molecule has 0 unspecified atom stereocenters. The molecule has 0 saturated heterocycles. The van der Waals surface area contributed by atoms with Gasteiger partial charge >= 0.3 is 0 Å². The molecule has 0 radical (unpaired) electrons. The first-order valence-corrected chi connectivity index (χ1v) is 7.13. The summed E-state index contributed by atoms with van der Waals surface area (Å²) in [6.07, 6.45) is 0.0728. The number of benzene rings is 2. The maximum Gasteiger partial charge on any atom is 0.194 e. The van der Waals surface area contributed by atoms with Crippen LogP contribution in [0.3, 0.4) is 0 Å². The number of nitrogen functional groups attached to an aromatic ring is 1. The molecular weight excluding hydrogens is 318 g/mol. The van der Waals surface area contributed by atoms with Crippen molar-refractivity contribution in [3.8, 4) is 5.75 Å². The van der Waals surface area contributed by atoms with Gasteiger partial charge in [0.2, 0.25) is 0 Å². The van der Waals surface area contributed by atoms with Crippen molar-refractivity contribution in [2.75, 3.05) is 5.73 Å². The van der Waals surface area contributed by atoms with Crippen LogP contribution in [0.5, 0.6) is 5.75 Å². The number of ether oxygens (including phenoxy) is 1. The zero-order chi connectivity index (χ0) is 14.7. The van der Waals surface area contributed by atoms with Crippen LogP contribution in [-0.2, 0) is 0 Å². The first kappa shape index (κ1) is 14.6. The second-order valence-corrected chi connectivity index (χ2v) is 5.62. The van der Waals surface area contributed by atoms with Crippen LogP contribution >= 0.6 is 15.9 Å². The lowest BCUT2D eigenvalue weighted by molar-refractivity contribution is 0.103. The fourth-order valence-corrected chi connectivity index (χ4v) is 2.43. The smallest absolute Gasteiger partial charge is 0.194 e. The molecule has 20 heavy (non-hydrogen) atoms. The zero-order valence-electron chi connectivity index (χ0n) is 11.4. The summed E-state index contributed by atoms with van der Waals surface area (Å²) in [6.45, 7) is 3.90. The van der Waals surface area contributed by atoms with Crippen molar-refractivity contribution < 1.29 is 9.53 Å². The molecule has 0 amide bonds. The number of hydrogen-bond donors (Lipinski definition) is 1. The van der Waals surface area contributed by atoms with E-state index in [1.807, 2.05) is 26.0 Å². The van der Waals surface area contributed by atoms with Gasteiger partial charge in [-0.2, -0.15) is 0 Å². The van der Waals surface area contributed by atoms with Crippen molar-refractivity contribution in [1.29, 1.82) is 0 Å². The van der Waals surface area contributed by atoms with E-state index in [2.05, 4.69) is 15.9 Å². The fourth-order valence-electron chi connectivity index (χ4n) is 1.85. The van der Waals surface area contributed by atoms with Gasteiger partial charge in [0, 0.05) is 21.3 Å². The van der Waals surface area contributed by atoms with Gasteiger partial charge in [-0.05, 0) is 60.1 Å². The van der Waals surface area contributed by atoms with Crippen LogP contribution in [0.25, 0.3) is 0 Å². The van der Waals surface area contributed by atoms with E-state index in [-0.39, 0.29) is 11.9 Å². The molecule has 0 aliphatic rings. The summed E-state index contributed by atoms with van der Waals surface area (Å²) in [4.78, 5) is 12.5.